The van der Waals surface area contributed by atoms with Crippen LogP contribution in [0.1, 0.15) is 50.3 Å². The van der Waals surface area contributed by atoms with E-state index in [1.807, 2.05) is 0 Å². The van der Waals surface area contributed by atoms with Gasteiger partial charge < -0.3 is 10.1 Å². The fourth-order valence-electron chi connectivity index (χ4n) is 3.87. The van der Waals surface area contributed by atoms with Gasteiger partial charge in [0.15, 0.2) is 0 Å². The Labute approximate surface area is 116 Å². The van der Waals surface area contributed by atoms with Gasteiger partial charge in [0.2, 0.25) is 0 Å². The first kappa shape index (κ1) is 13.0. The summed E-state index contributed by atoms with van der Waals surface area (Å²) in [5.74, 6) is 2.75. The molecule has 1 aromatic carbocycles. The van der Waals surface area contributed by atoms with Crippen LogP contribution < -0.4 is 10.1 Å². The van der Waals surface area contributed by atoms with Gasteiger partial charge in [-0.2, -0.15) is 0 Å². The smallest absolute Gasteiger partial charge is 0.127 e. The topological polar surface area (TPSA) is 21.3 Å². The molecular weight excluding hydrogens is 234 g/mol. The van der Waals surface area contributed by atoms with E-state index < -0.39 is 0 Å². The predicted molar refractivity (Wildman–Crippen MR) is 78.6 cm³/mol. The lowest BCUT2D eigenvalue weighted by Gasteiger charge is -2.29. The molecule has 2 heteroatoms. The lowest BCUT2D eigenvalue weighted by atomic mass is 9.85. The first-order valence-electron chi connectivity index (χ1n) is 7.79. The molecule has 19 heavy (non-hydrogen) atoms. The van der Waals surface area contributed by atoms with E-state index in [9.17, 15) is 0 Å². The van der Waals surface area contributed by atoms with Crippen LogP contribution in [-0.2, 0) is 6.42 Å². The van der Waals surface area contributed by atoms with E-state index in [0.29, 0.717) is 6.04 Å². The zero-order valence-electron chi connectivity index (χ0n) is 12.1. The van der Waals surface area contributed by atoms with Crippen molar-refractivity contribution in [1.82, 2.24) is 5.32 Å². The number of nitrogens with one attached hydrogen (secondary N) is 1. The number of ether oxygens (including phenoxy) is 1. The largest absolute Gasteiger partial charge is 0.493 e. The van der Waals surface area contributed by atoms with E-state index in [0.717, 1.165) is 31.4 Å². The van der Waals surface area contributed by atoms with E-state index in [1.165, 1.54) is 36.1 Å². The van der Waals surface area contributed by atoms with Gasteiger partial charge in [-0.05, 0) is 30.4 Å². The van der Waals surface area contributed by atoms with Crippen LogP contribution in [0.3, 0.4) is 0 Å². The van der Waals surface area contributed by atoms with Crippen LogP contribution in [0.15, 0.2) is 18.2 Å². The Morgan fingerprint density at radius 1 is 1.37 bits per heavy atom. The summed E-state index contributed by atoms with van der Waals surface area (Å²) >= 11 is 0. The summed E-state index contributed by atoms with van der Waals surface area (Å²) < 4.78 is 5.91. The molecule has 3 unspecified atom stereocenters. The van der Waals surface area contributed by atoms with E-state index in [2.05, 4.69) is 37.4 Å². The highest BCUT2D eigenvalue weighted by atomic mass is 16.5. The van der Waals surface area contributed by atoms with E-state index in [-0.39, 0.29) is 0 Å². The first-order valence-corrected chi connectivity index (χ1v) is 7.79. The highest BCUT2D eigenvalue weighted by molar-refractivity contribution is 5.46. The van der Waals surface area contributed by atoms with Gasteiger partial charge in [0.1, 0.15) is 5.75 Å². The third kappa shape index (κ3) is 2.38. The molecule has 104 valence electrons. The van der Waals surface area contributed by atoms with Gasteiger partial charge in [0, 0.05) is 18.0 Å². The standard InChI is InChI=1S/C17H25NO/c1-3-18-16(14-8-4-6-12(14)2)15-9-5-7-13-10-11-19-17(13)15/h5,7,9,12,14,16,18H,3-4,6,8,10-11H2,1-2H3. The molecule has 3 rings (SSSR count). The summed E-state index contributed by atoms with van der Waals surface area (Å²) in [7, 11) is 0. The summed E-state index contributed by atoms with van der Waals surface area (Å²) in [5.41, 5.74) is 2.79. The Balaban J connectivity index is 1.94. The van der Waals surface area contributed by atoms with Crippen molar-refractivity contribution >= 4 is 0 Å². The molecule has 1 N–H and O–H groups in total. The second kappa shape index (κ2) is 5.54. The van der Waals surface area contributed by atoms with Gasteiger partial charge >= 0.3 is 0 Å². The van der Waals surface area contributed by atoms with Crippen LogP contribution in [0.4, 0.5) is 0 Å². The minimum Gasteiger partial charge on any atom is -0.493 e. The number of fused-ring (bicyclic) bond motifs is 1. The quantitative estimate of drug-likeness (QED) is 0.890. The number of hydrogen-bond acceptors (Lipinski definition) is 2. The molecule has 0 aromatic heterocycles. The maximum atomic E-state index is 5.91. The molecule has 1 aromatic rings. The zero-order valence-corrected chi connectivity index (χ0v) is 12.1. The number of benzene rings is 1. The van der Waals surface area contributed by atoms with Crippen LogP contribution >= 0.6 is 0 Å². The predicted octanol–water partition coefficient (Wildman–Crippen LogP) is 3.71. The van der Waals surface area contributed by atoms with Crippen LogP contribution in [0.5, 0.6) is 5.75 Å². The number of hydrogen-bond donors (Lipinski definition) is 1. The van der Waals surface area contributed by atoms with Crippen LogP contribution in [0.25, 0.3) is 0 Å². The number of para-hydroxylation sites is 1. The van der Waals surface area contributed by atoms with Crippen molar-refractivity contribution < 1.29 is 4.74 Å². The van der Waals surface area contributed by atoms with Gasteiger partial charge in [-0.15, -0.1) is 0 Å². The first-order chi connectivity index (χ1) is 9.31. The van der Waals surface area contributed by atoms with Crippen molar-refractivity contribution in [1.29, 1.82) is 0 Å². The van der Waals surface area contributed by atoms with Gasteiger partial charge in [-0.3, -0.25) is 0 Å². The summed E-state index contributed by atoms with van der Waals surface area (Å²) in [6.45, 7) is 6.49. The fraction of sp³-hybridized carbons (Fsp3) is 0.647. The maximum Gasteiger partial charge on any atom is 0.127 e. The normalized spacial score (nSPS) is 27.1. The summed E-state index contributed by atoms with van der Waals surface area (Å²) in [6, 6.07) is 7.15. The van der Waals surface area contributed by atoms with Gasteiger partial charge in [-0.1, -0.05) is 44.9 Å². The van der Waals surface area contributed by atoms with Crippen molar-refractivity contribution in [3.63, 3.8) is 0 Å². The summed E-state index contributed by atoms with van der Waals surface area (Å²) in [4.78, 5) is 0. The van der Waals surface area contributed by atoms with Crippen LogP contribution in [-0.4, -0.2) is 13.2 Å². The number of rotatable bonds is 4. The van der Waals surface area contributed by atoms with Gasteiger partial charge in [0.05, 0.1) is 6.61 Å². The Morgan fingerprint density at radius 3 is 3.00 bits per heavy atom. The Morgan fingerprint density at radius 2 is 2.26 bits per heavy atom. The SMILES string of the molecule is CCNC(c1cccc2c1OCC2)C1CCCC1C. The molecule has 0 radical (unpaired) electrons. The zero-order chi connectivity index (χ0) is 13.2. The molecule has 0 saturated heterocycles. The minimum atomic E-state index is 0.468. The molecular formula is C17H25NO. The average Bonchev–Trinajstić information content (AvgIpc) is 3.04. The van der Waals surface area contributed by atoms with Crippen LogP contribution in [0.2, 0.25) is 0 Å². The molecule has 1 heterocycles. The average molecular weight is 259 g/mol. The monoisotopic (exact) mass is 259 g/mol. The molecule has 2 nitrogen and oxygen atoms in total. The molecule has 1 aliphatic carbocycles. The molecule has 3 atom stereocenters. The minimum absolute atomic E-state index is 0.468. The molecule has 2 aliphatic rings. The molecule has 0 amide bonds. The van der Waals surface area contributed by atoms with E-state index in [4.69, 9.17) is 4.74 Å². The second-order valence-electron chi connectivity index (χ2n) is 6.04. The van der Waals surface area contributed by atoms with Crippen molar-refractivity contribution in [2.75, 3.05) is 13.2 Å². The Hall–Kier alpha value is -1.02. The lowest BCUT2D eigenvalue weighted by molar-refractivity contribution is 0.291. The van der Waals surface area contributed by atoms with Crippen molar-refractivity contribution in [3.8, 4) is 5.75 Å². The Kier molecular flexibility index (Phi) is 3.79. The fourth-order valence-corrected chi connectivity index (χ4v) is 3.87. The van der Waals surface area contributed by atoms with E-state index in [1.54, 1.807) is 0 Å². The lowest BCUT2D eigenvalue weighted by Crippen LogP contribution is -2.30. The van der Waals surface area contributed by atoms with E-state index >= 15 is 0 Å². The van der Waals surface area contributed by atoms with Crippen LogP contribution in [0, 0.1) is 11.8 Å². The van der Waals surface area contributed by atoms with Gasteiger partial charge in [0.25, 0.3) is 0 Å². The second-order valence-corrected chi connectivity index (χ2v) is 6.04. The molecule has 1 saturated carbocycles. The van der Waals surface area contributed by atoms with Crippen molar-refractivity contribution in [2.45, 2.75) is 45.6 Å². The third-order valence-corrected chi connectivity index (χ3v) is 4.86. The van der Waals surface area contributed by atoms with Crippen molar-refractivity contribution in [2.24, 2.45) is 11.8 Å². The van der Waals surface area contributed by atoms with Crippen molar-refractivity contribution in [3.05, 3.63) is 29.3 Å². The highest BCUT2D eigenvalue weighted by Crippen LogP contribution is 2.44. The summed E-state index contributed by atoms with van der Waals surface area (Å²) in [5, 5.41) is 3.72. The molecule has 1 aliphatic heterocycles. The van der Waals surface area contributed by atoms with Gasteiger partial charge in [-0.25, -0.2) is 0 Å². The molecule has 0 spiro atoms. The summed E-state index contributed by atoms with van der Waals surface area (Å²) in [6.07, 6.45) is 5.18. The molecule has 0 bridgehead atoms. The third-order valence-electron chi connectivity index (χ3n) is 4.86. The maximum absolute atomic E-state index is 5.91. The highest BCUT2D eigenvalue weighted by Gasteiger charge is 2.33. The Bertz CT molecular complexity index is 443. The molecule has 1 fully saturated rings.